The van der Waals surface area contributed by atoms with Gasteiger partial charge in [0.25, 0.3) is 0 Å². The van der Waals surface area contributed by atoms with E-state index in [9.17, 15) is 4.39 Å². The molecule has 1 saturated heterocycles. The van der Waals surface area contributed by atoms with Crippen LogP contribution in [0, 0.1) is 5.82 Å². The lowest BCUT2D eigenvalue weighted by atomic mass is 10.1. The van der Waals surface area contributed by atoms with Crippen LogP contribution in [0.15, 0.2) is 18.2 Å². The van der Waals surface area contributed by atoms with Crippen LogP contribution in [0.2, 0.25) is 0 Å². The fraction of sp³-hybridized carbons (Fsp3) is 0.571. The number of benzene rings is 1. The minimum atomic E-state index is -0.161. The highest BCUT2D eigenvalue weighted by Crippen LogP contribution is 2.25. The summed E-state index contributed by atoms with van der Waals surface area (Å²) in [6, 6.07) is 5.56. The Morgan fingerprint density at radius 1 is 1.39 bits per heavy atom. The van der Waals surface area contributed by atoms with Crippen LogP contribution in [0.1, 0.15) is 12.5 Å². The number of anilines is 1. The third kappa shape index (κ3) is 2.82. The van der Waals surface area contributed by atoms with Crippen molar-refractivity contribution >= 4 is 5.69 Å². The second kappa shape index (κ2) is 5.67. The lowest BCUT2D eigenvalue weighted by Crippen LogP contribution is -2.50. The SMILES string of the molecule is CNCc1cc(F)ccc1N1CCN(C)CC1C. The molecule has 3 nitrogen and oxygen atoms in total. The van der Waals surface area contributed by atoms with Gasteiger partial charge in [0.05, 0.1) is 0 Å². The zero-order valence-electron chi connectivity index (χ0n) is 11.4. The van der Waals surface area contributed by atoms with Gasteiger partial charge in [0.1, 0.15) is 5.82 Å². The smallest absolute Gasteiger partial charge is 0.123 e. The van der Waals surface area contributed by atoms with Crippen LogP contribution in [-0.2, 0) is 6.54 Å². The van der Waals surface area contributed by atoms with Crippen molar-refractivity contribution in [1.82, 2.24) is 10.2 Å². The Hall–Kier alpha value is -1.13. The van der Waals surface area contributed by atoms with E-state index in [0.717, 1.165) is 30.9 Å². The van der Waals surface area contributed by atoms with E-state index in [-0.39, 0.29) is 5.82 Å². The topological polar surface area (TPSA) is 18.5 Å². The maximum Gasteiger partial charge on any atom is 0.123 e. The number of halogens is 1. The monoisotopic (exact) mass is 251 g/mol. The van der Waals surface area contributed by atoms with Crippen LogP contribution in [0.5, 0.6) is 0 Å². The van der Waals surface area contributed by atoms with Crippen molar-refractivity contribution in [1.29, 1.82) is 0 Å². The molecule has 1 fully saturated rings. The Morgan fingerprint density at radius 2 is 2.17 bits per heavy atom. The van der Waals surface area contributed by atoms with Gasteiger partial charge in [0.2, 0.25) is 0 Å². The molecular formula is C14H22FN3. The van der Waals surface area contributed by atoms with Gasteiger partial charge >= 0.3 is 0 Å². The molecule has 1 aromatic carbocycles. The summed E-state index contributed by atoms with van der Waals surface area (Å²) < 4.78 is 13.3. The Balaban J connectivity index is 2.26. The zero-order chi connectivity index (χ0) is 13.1. The van der Waals surface area contributed by atoms with Crippen LogP contribution < -0.4 is 10.2 Å². The summed E-state index contributed by atoms with van der Waals surface area (Å²) in [6.45, 7) is 6.03. The molecule has 0 aliphatic carbocycles. The number of nitrogens with zero attached hydrogens (tertiary/aromatic N) is 2. The highest BCUT2D eigenvalue weighted by Gasteiger charge is 2.23. The van der Waals surface area contributed by atoms with E-state index in [1.807, 2.05) is 13.1 Å². The molecule has 4 heteroatoms. The average Bonchev–Trinajstić information content (AvgIpc) is 2.31. The van der Waals surface area contributed by atoms with Crippen LogP contribution in [-0.4, -0.2) is 44.7 Å². The van der Waals surface area contributed by atoms with Gasteiger partial charge in [-0.2, -0.15) is 0 Å². The molecule has 0 spiro atoms. The van der Waals surface area contributed by atoms with Crippen LogP contribution >= 0.6 is 0 Å². The second-order valence-electron chi connectivity index (χ2n) is 5.11. The molecule has 1 aromatic rings. The highest BCUT2D eigenvalue weighted by molar-refractivity contribution is 5.55. The van der Waals surface area contributed by atoms with Gasteiger partial charge in [0.15, 0.2) is 0 Å². The summed E-state index contributed by atoms with van der Waals surface area (Å²) in [6.07, 6.45) is 0. The highest BCUT2D eigenvalue weighted by atomic mass is 19.1. The first kappa shape index (κ1) is 13.3. The molecule has 0 aromatic heterocycles. The Labute approximate surface area is 109 Å². The average molecular weight is 251 g/mol. The number of hydrogen-bond donors (Lipinski definition) is 1. The number of nitrogens with one attached hydrogen (secondary N) is 1. The minimum absolute atomic E-state index is 0.161. The van der Waals surface area contributed by atoms with E-state index in [4.69, 9.17) is 0 Å². The van der Waals surface area contributed by atoms with E-state index in [1.165, 1.54) is 0 Å². The second-order valence-corrected chi connectivity index (χ2v) is 5.11. The fourth-order valence-electron chi connectivity index (χ4n) is 2.66. The molecule has 1 unspecified atom stereocenters. The van der Waals surface area contributed by atoms with Gasteiger partial charge in [-0.3, -0.25) is 0 Å². The summed E-state index contributed by atoms with van der Waals surface area (Å²) in [7, 11) is 4.04. The molecule has 0 radical (unpaired) electrons. The van der Waals surface area contributed by atoms with Crippen LogP contribution in [0.4, 0.5) is 10.1 Å². The van der Waals surface area contributed by atoms with Gasteiger partial charge < -0.3 is 15.1 Å². The van der Waals surface area contributed by atoms with Crippen molar-refractivity contribution in [3.63, 3.8) is 0 Å². The van der Waals surface area contributed by atoms with Crippen molar-refractivity contribution in [3.8, 4) is 0 Å². The van der Waals surface area contributed by atoms with E-state index in [2.05, 4.69) is 29.1 Å². The van der Waals surface area contributed by atoms with Gasteiger partial charge in [-0.15, -0.1) is 0 Å². The quantitative estimate of drug-likeness (QED) is 0.882. The van der Waals surface area contributed by atoms with Crippen molar-refractivity contribution < 1.29 is 4.39 Å². The van der Waals surface area contributed by atoms with Crippen molar-refractivity contribution in [2.24, 2.45) is 0 Å². The lowest BCUT2D eigenvalue weighted by molar-refractivity contribution is 0.275. The van der Waals surface area contributed by atoms with Crippen molar-refractivity contribution in [2.75, 3.05) is 38.6 Å². The predicted octanol–water partition coefficient (Wildman–Crippen LogP) is 1.69. The molecule has 18 heavy (non-hydrogen) atoms. The van der Waals surface area contributed by atoms with E-state index >= 15 is 0 Å². The number of piperazine rings is 1. The standard InChI is InChI=1S/C14H22FN3/c1-11-10-17(3)6-7-18(11)14-5-4-13(15)8-12(14)9-16-2/h4-5,8,11,16H,6-7,9-10H2,1-3H3. The molecule has 0 bridgehead atoms. The summed E-state index contributed by atoms with van der Waals surface area (Å²) in [4.78, 5) is 4.72. The van der Waals surface area contributed by atoms with Crippen LogP contribution in [0.3, 0.4) is 0 Å². The van der Waals surface area contributed by atoms with E-state index in [1.54, 1.807) is 12.1 Å². The fourth-order valence-corrected chi connectivity index (χ4v) is 2.66. The maximum absolute atomic E-state index is 13.3. The maximum atomic E-state index is 13.3. The molecule has 0 saturated carbocycles. The first-order valence-electron chi connectivity index (χ1n) is 6.50. The number of rotatable bonds is 3. The van der Waals surface area contributed by atoms with Crippen molar-refractivity contribution in [3.05, 3.63) is 29.6 Å². The van der Waals surface area contributed by atoms with Gasteiger partial charge in [-0.25, -0.2) is 4.39 Å². The number of likely N-dealkylation sites (N-methyl/N-ethyl adjacent to an activating group) is 1. The summed E-state index contributed by atoms with van der Waals surface area (Å²) >= 11 is 0. The lowest BCUT2D eigenvalue weighted by Gasteiger charge is -2.40. The third-order valence-corrected chi connectivity index (χ3v) is 3.55. The van der Waals surface area contributed by atoms with Gasteiger partial charge in [0, 0.05) is 37.9 Å². The Morgan fingerprint density at radius 3 is 2.83 bits per heavy atom. The predicted molar refractivity (Wildman–Crippen MR) is 73.5 cm³/mol. The zero-order valence-corrected chi connectivity index (χ0v) is 11.4. The first-order valence-corrected chi connectivity index (χ1v) is 6.50. The van der Waals surface area contributed by atoms with E-state index < -0.39 is 0 Å². The van der Waals surface area contributed by atoms with Gasteiger partial charge in [-0.1, -0.05) is 0 Å². The third-order valence-electron chi connectivity index (χ3n) is 3.55. The molecule has 0 amide bonds. The molecule has 2 rings (SSSR count). The summed E-state index contributed by atoms with van der Waals surface area (Å²) in [5.41, 5.74) is 2.19. The Bertz CT molecular complexity index is 408. The van der Waals surface area contributed by atoms with E-state index in [0.29, 0.717) is 12.6 Å². The van der Waals surface area contributed by atoms with Crippen LogP contribution in [0.25, 0.3) is 0 Å². The Kier molecular flexibility index (Phi) is 4.19. The molecule has 1 aliphatic rings. The van der Waals surface area contributed by atoms with Gasteiger partial charge in [-0.05, 0) is 44.8 Å². The molecule has 1 atom stereocenters. The summed E-state index contributed by atoms with van der Waals surface area (Å²) in [5.74, 6) is -0.161. The molecule has 100 valence electrons. The molecular weight excluding hydrogens is 229 g/mol. The van der Waals surface area contributed by atoms with Crippen molar-refractivity contribution in [2.45, 2.75) is 19.5 Å². The minimum Gasteiger partial charge on any atom is -0.366 e. The molecule has 1 aliphatic heterocycles. The largest absolute Gasteiger partial charge is 0.366 e. The molecule has 1 N–H and O–H groups in total. The first-order chi connectivity index (χ1) is 8.61. The summed E-state index contributed by atoms with van der Waals surface area (Å²) in [5, 5.41) is 3.11. The molecule has 1 heterocycles. The normalized spacial score (nSPS) is 21.3. The number of hydrogen-bond acceptors (Lipinski definition) is 3.